The van der Waals surface area contributed by atoms with Gasteiger partial charge in [0.15, 0.2) is 0 Å². The molecule has 0 heterocycles. The molecule has 1 aromatic rings. The van der Waals surface area contributed by atoms with Gasteiger partial charge in [-0.1, -0.05) is 45.0 Å². The highest BCUT2D eigenvalue weighted by Crippen LogP contribution is 2.21. The summed E-state index contributed by atoms with van der Waals surface area (Å²) in [6.45, 7) is 6.47. The van der Waals surface area contributed by atoms with Gasteiger partial charge in [0.25, 0.3) is 0 Å². The van der Waals surface area contributed by atoms with Crippen molar-refractivity contribution in [2.24, 2.45) is 5.73 Å². The van der Waals surface area contributed by atoms with E-state index in [4.69, 9.17) is 9.90 Å². The molecule has 0 aliphatic rings. The Bertz CT molecular complexity index is 346. The molecule has 1 rings (SSSR count). The van der Waals surface area contributed by atoms with Crippen LogP contribution in [0.15, 0.2) is 24.3 Å². The number of hydrogen-bond donors (Lipinski definition) is 2. The minimum absolute atomic E-state index is 0.168. The molecular formula is C12H17NO3. The summed E-state index contributed by atoms with van der Waals surface area (Å²) in [6, 6.07) is 7.72. The number of carboxylic acid groups (broad SMARTS) is 1. The van der Waals surface area contributed by atoms with Crippen LogP contribution in [0.3, 0.4) is 0 Å². The van der Waals surface area contributed by atoms with E-state index in [1.54, 1.807) is 0 Å². The highest BCUT2D eigenvalue weighted by molar-refractivity contribution is 5.74. The zero-order chi connectivity index (χ0) is 12.8. The monoisotopic (exact) mass is 223 g/mol. The van der Waals surface area contributed by atoms with Crippen LogP contribution < -0.4 is 5.73 Å². The molecule has 88 valence electrons. The van der Waals surface area contributed by atoms with Crippen molar-refractivity contribution in [1.82, 2.24) is 0 Å². The maximum absolute atomic E-state index is 10.4. The smallest absolute Gasteiger partial charge is 0.402 e. The third-order valence-electron chi connectivity index (χ3n) is 1.91. The van der Waals surface area contributed by atoms with Gasteiger partial charge in [-0.3, -0.25) is 4.79 Å². The van der Waals surface area contributed by atoms with Crippen molar-refractivity contribution in [3.63, 3.8) is 0 Å². The van der Waals surface area contributed by atoms with E-state index in [1.165, 1.54) is 5.56 Å². The lowest BCUT2D eigenvalue weighted by molar-refractivity contribution is 0.112. The summed E-state index contributed by atoms with van der Waals surface area (Å²) in [6.07, 6.45) is -0.466. The topological polar surface area (TPSA) is 80.4 Å². The predicted molar refractivity (Wildman–Crippen MR) is 62.7 cm³/mol. The number of carbonyl (C=O) groups excluding carboxylic acids is 1. The lowest BCUT2D eigenvalue weighted by Crippen LogP contribution is -2.10. The largest absolute Gasteiger partial charge is 0.465 e. The van der Waals surface area contributed by atoms with E-state index in [0.29, 0.717) is 0 Å². The van der Waals surface area contributed by atoms with Crippen molar-refractivity contribution in [3.8, 4) is 0 Å². The molecule has 1 amide bonds. The molecule has 3 N–H and O–H groups in total. The van der Waals surface area contributed by atoms with Crippen LogP contribution in [0, 0.1) is 0 Å². The second-order valence-electron chi connectivity index (χ2n) is 4.33. The van der Waals surface area contributed by atoms with Crippen molar-refractivity contribution in [2.45, 2.75) is 26.2 Å². The number of benzene rings is 1. The molecule has 4 heteroatoms. The van der Waals surface area contributed by atoms with Crippen molar-refractivity contribution in [3.05, 3.63) is 35.4 Å². The summed E-state index contributed by atoms with van der Waals surface area (Å²) < 4.78 is 0. The zero-order valence-electron chi connectivity index (χ0n) is 9.73. The Kier molecular flexibility index (Phi) is 5.22. The van der Waals surface area contributed by atoms with Crippen LogP contribution in [0.2, 0.25) is 0 Å². The summed E-state index contributed by atoms with van der Waals surface area (Å²) in [5.74, 6) is 0. The summed E-state index contributed by atoms with van der Waals surface area (Å²) in [7, 11) is 0. The van der Waals surface area contributed by atoms with Gasteiger partial charge in [-0.25, -0.2) is 4.79 Å². The molecule has 0 radical (unpaired) electrons. The fourth-order valence-electron chi connectivity index (χ4n) is 1.06. The molecule has 0 fully saturated rings. The summed E-state index contributed by atoms with van der Waals surface area (Å²) >= 11 is 0. The van der Waals surface area contributed by atoms with E-state index < -0.39 is 6.09 Å². The number of rotatable bonds is 1. The molecule has 0 atom stereocenters. The van der Waals surface area contributed by atoms with Crippen LogP contribution in [0.4, 0.5) is 4.79 Å². The van der Waals surface area contributed by atoms with Crippen LogP contribution in [0.25, 0.3) is 0 Å². The molecule has 1 aromatic carbocycles. The van der Waals surface area contributed by atoms with Gasteiger partial charge < -0.3 is 10.8 Å². The fraction of sp³-hybridized carbons (Fsp3) is 0.333. The first-order chi connectivity index (χ1) is 7.27. The number of carbonyl (C=O) groups is 2. The quantitative estimate of drug-likeness (QED) is 0.717. The van der Waals surface area contributed by atoms with Crippen LogP contribution >= 0.6 is 0 Å². The van der Waals surface area contributed by atoms with E-state index in [0.717, 1.165) is 11.8 Å². The number of hydrogen-bond acceptors (Lipinski definition) is 2. The molecule has 0 aromatic heterocycles. The first kappa shape index (κ1) is 14.2. The minimum Gasteiger partial charge on any atom is -0.465 e. The van der Waals surface area contributed by atoms with Gasteiger partial charge in [0.2, 0.25) is 0 Å². The van der Waals surface area contributed by atoms with E-state index in [1.807, 2.05) is 24.3 Å². The van der Waals surface area contributed by atoms with Gasteiger partial charge in [-0.05, 0) is 11.0 Å². The first-order valence-corrected chi connectivity index (χ1v) is 4.81. The highest BCUT2D eigenvalue weighted by atomic mass is 16.4. The molecule has 0 saturated carbocycles. The molecule has 0 bridgehead atoms. The SMILES string of the molecule is CC(C)(C)c1ccc(C=O)cc1.NC(=O)O. The van der Waals surface area contributed by atoms with Gasteiger partial charge in [-0.2, -0.15) is 0 Å². The van der Waals surface area contributed by atoms with Crippen molar-refractivity contribution < 1.29 is 14.7 Å². The van der Waals surface area contributed by atoms with Crippen molar-refractivity contribution in [2.75, 3.05) is 0 Å². The molecular weight excluding hydrogens is 206 g/mol. The Balaban J connectivity index is 0.000000487. The van der Waals surface area contributed by atoms with Crippen LogP contribution in [0.1, 0.15) is 36.7 Å². The maximum atomic E-state index is 10.4. The second-order valence-corrected chi connectivity index (χ2v) is 4.33. The maximum Gasteiger partial charge on any atom is 0.402 e. The van der Waals surface area contributed by atoms with Crippen molar-refractivity contribution in [1.29, 1.82) is 0 Å². The third kappa shape index (κ3) is 5.80. The zero-order valence-corrected chi connectivity index (χ0v) is 9.73. The number of nitrogens with two attached hydrogens (primary N) is 1. The summed E-state index contributed by atoms with van der Waals surface area (Å²) in [5, 5.41) is 7.19. The molecule has 0 unspecified atom stereocenters. The van der Waals surface area contributed by atoms with Crippen LogP contribution in [0.5, 0.6) is 0 Å². The minimum atomic E-state index is -1.33. The Labute approximate surface area is 95.1 Å². The number of primary amides is 1. The fourth-order valence-corrected chi connectivity index (χ4v) is 1.06. The Morgan fingerprint density at radius 3 is 1.88 bits per heavy atom. The molecule has 0 saturated heterocycles. The van der Waals surface area contributed by atoms with Crippen LogP contribution in [-0.4, -0.2) is 17.5 Å². The lowest BCUT2D eigenvalue weighted by atomic mass is 9.87. The summed E-state index contributed by atoms with van der Waals surface area (Å²) in [4.78, 5) is 19.1. The first-order valence-electron chi connectivity index (χ1n) is 4.81. The molecule has 0 aliphatic carbocycles. The van der Waals surface area contributed by atoms with E-state index in [-0.39, 0.29) is 5.41 Å². The van der Waals surface area contributed by atoms with Crippen molar-refractivity contribution >= 4 is 12.4 Å². The normalized spacial score (nSPS) is 9.94. The third-order valence-corrected chi connectivity index (χ3v) is 1.91. The van der Waals surface area contributed by atoms with E-state index >= 15 is 0 Å². The number of aldehydes is 1. The lowest BCUT2D eigenvalue weighted by Gasteiger charge is -2.18. The molecule has 4 nitrogen and oxygen atoms in total. The Morgan fingerprint density at radius 2 is 1.62 bits per heavy atom. The summed E-state index contributed by atoms with van der Waals surface area (Å²) in [5.41, 5.74) is 6.19. The standard InChI is InChI=1S/C11H14O.CH3NO2/c1-11(2,3)10-6-4-9(8-12)5-7-10;2-1(3)4/h4-8H,1-3H3;2H2,(H,3,4). The van der Waals surface area contributed by atoms with Gasteiger partial charge in [0.1, 0.15) is 6.29 Å². The molecule has 0 spiro atoms. The Morgan fingerprint density at radius 1 is 1.25 bits per heavy atom. The van der Waals surface area contributed by atoms with E-state index in [9.17, 15) is 4.79 Å². The van der Waals surface area contributed by atoms with Gasteiger partial charge >= 0.3 is 6.09 Å². The predicted octanol–water partition coefficient (Wildman–Crippen LogP) is 2.42. The Hall–Kier alpha value is -1.84. The van der Waals surface area contributed by atoms with Gasteiger partial charge in [0.05, 0.1) is 0 Å². The number of amides is 1. The van der Waals surface area contributed by atoms with Crippen LogP contribution in [-0.2, 0) is 5.41 Å². The average Bonchev–Trinajstić information content (AvgIpc) is 2.16. The average molecular weight is 223 g/mol. The highest BCUT2D eigenvalue weighted by Gasteiger charge is 2.12. The van der Waals surface area contributed by atoms with E-state index in [2.05, 4.69) is 26.5 Å². The molecule has 16 heavy (non-hydrogen) atoms. The van der Waals surface area contributed by atoms with Gasteiger partial charge in [-0.15, -0.1) is 0 Å². The van der Waals surface area contributed by atoms with Gasteiger partial charge in [0, 0.05) is 5.56 Å². The second kappa shape index (κ2) is 5.90. The molecule has 0 aliphatic heterocycles.